The number of carbonyl (C=O) groups is 1. The Morgan fingerprint density at radius 3 is 2.62 bits per heavy atom. The Hall–Kier alpha value is -2.21. The van der Waals surface area contributed by atoms with Gasteiger partial charge in [0.25, 0.3) is 0 Å². The lowest BCUT2D eigenvalue weighted by molar-refractivity contribution is 0.0496. The maximum atomic E-state index is 11.5. The highest BCUT2D eigenvalue weighted by Gasteiger charge is 2.44. The predicted molar refractivity (Wildman–Crippen MR) is 87.8 cm³/mol. The SMILES string of the molecule is O=C(O)N1C2CCC1CC(Oc1ccc3cc(Cl)c(=O)oc3c1)C2. The van der Waals surface area contributed by atoms with E-state index in [1.807, 2.05) is 6.07 Å². The highest BCUT2D eigenvalue weighted by atomic mass is 35.5. The van der Waals surface area contributed by atoms with Gasteiger partial charge in [0.1, 0.15) is 22.5 Å². The van der Waals surface area contributed by atoms with Crippen molar-refractivity contribution in [2.75, 3.05) is 0 Å². The minimum absolute atomic E-state index is 0.0310. The molecule has 1 N–H and O–H groups in total. The summed E-state index contributed by atoms with van der Waals surface area (Å²) >= 11 is 5.77. The summed E-state index contributed by atoms with van der Waals surface area (Å²) < 4.78 is 11.2. The molecule has 4 rings (SSSR count). The van der Waals surface area contributed by atoms with Gasteiger partial charge in [0.15, 0.2) is 0 Å². The van der Waals surface area contributed by atoms with E-state index in [0.29, 0.717) is 24.2 Å². The fourth-order valence-electron chi connectivity index (χ4n) is 3.87. The number of fused-ring (bicyclic) bond motifs is 3. The van der Waals surface area contributed by atoms with Gasteiger partial charge >= 0.3 is 11.7 Å². The first-order valence-electron chi connectivity index (χ1n) is 7.92. The van der Waals surface area contributed by atoms with Crippen LogP contribution in [0.3, 0.4) is 0 Å². The van der Waals surface area contributed by atoms with E-state index >= 15 is 0 Å². The van der Waals surface area contributed by atoms with E-state index in [9.17, 15) is 14.7 Å². The number of nitrogens with zero attached hydrogens (tertiary/aromatic N) is 1. The van der Waals surface area contributed by atoms with Crippen LogP contribution in [0.25, 0.3) is 11.0 Å². The van der Waals surface area contributed by atoms with Gasteiger partial charge in [-0.3, -0.25) is 0 Å². The van der Waals surface area contributed by atoms with Gasteiger partial charge in [-0.15, -0.1) is 0 Å². The number of carboxylic acid groups (broad SMARTS) is 1. The standard InChI is InChI=1S/C17H16ClNO5/c18-14-5-9-1-4-12(8-15(9)24-16(14)20)23-13-6-10-2-3-11(7-13)19(10)17(21)22/h1,4-5,8,10-11,13H,2-3,6-7H2,(H,21,22). The molecule has 3 heterocycles. The maximum Gasteiger partial charge on any atom is 0.407 e. The Morgan fingerprint density at radius 2 is 1.96 bits per heavy atom. The molecule has 24 heavy (non-hydrogen) atoms. The summed E-state index contributed by atoms with van der Waals surface area (Å²) in [5.41, 5.74) is -0.151. The summed E-state index contributed by atoms with van der Waals surface area (Å²) in [4.78, 5) is 24.4. The smallest absolute Gasteiger partial charge is 0.407 e. The van der Waals surface area contributed by atoms with E-state index in [0.717, 1.165) is 18.2 Å². The quantitative estimate of drug-likeness (QED) is 0.839. The highest BCUT2D eigenvalue weighted by Crippen LogP contribution is 2.37. The van der Waals surface area contributed by atoms with E-state index in [2.05, 4.69) is 0 Å². The van der Waals surface area contributed by atoms with Crippen molar-refractivity contribution in [3.63, 3.8) is 0 Å². The third-order valence-electron chi connectivity index (χ3n) is 4.88. The van der Waals surface area contributed by atoms with Crippen molar-refractivity contribution in [1.82, 2.24) is 4.90 Å². The van der Waals surface area contributed by atoms with Gasteiger partial charge < -0.3 is 19.2 Å². The normalized spacial score (nSPS) is 25.9. The fourth-order valence-corrected chi connectivity index (χ4v) is 4.02. The van der Waals surface area contributed by atoms with Gasteiger partial charge in [0.2, 0.25) is 0 Å². The summed E-state index contributed by atoms with van der Waals surface area (Å²) in [6.45, 7) is 0. The van der Waals surface area contributed by atoms with Crippen LogP contribution in [0.2, 0.25) is 5.02 Å². The number of hydrogen-bond donors (Lipinski definition) is 1. The van der Waals surface area contributed by atoms with Crippen LogP contribution in [0.1, 0.15) is 25.7 Å². The number of halogens is 1. The van der Waals surface area contributed by atoms with Crippen molar-refractivity contribution in [1.29, 1.82) is 0 Å². The van der Waals surface area contributed by atoms with Crippen LogP contribution in [0, 0.1) is 0 Å². The van der Waals surface area contributed by atoms with Crippen LogP contribution in [-0.2, 0) is 0 Å². The molecule has 2 atom stereocenters. The lowest BCUT2D eigenvalue weighted by Gasteiger charge is -2.37. The molecule has 7 heteroatoms. The van der Waals surface area contributed by atoms with Crippen molar-refractivity contribution in [2.24, 2.45) is 0 Å². The van der Waals surface area contributed by atoms with Crippen LogP contribution in [0.5, 0.6) is 5.75 Å². The van der Waals surface area contributed by atoms with E-state index in [-0.39, 0.29) is 23.2 Å². The van der Waals surface area contributed by atoms with Crippen LogP contribution < -0.4 is 10.4 Å². The topological polar surface area (TPSA) is 80.0 Å². The van der Waals surface area contributed by atoms with Crippen molar-refractivity contribution in [2.45, 2.75) is 43.9 Å². The Morgan fingerprint density at radius 1 is 1.25 bits per heavy atom. The monoisotopic (exact) mass is 349 g/mol. The Bertz CT molecular complexity index is 850. The van der Waals surface area contributed by atoms with Crippen molar-refractivity contribution >= 4 is 28.7 Å². The first-order valence-corrected chi connectivity index (χ1v) is 8.30. The van der Waals surface area contributed by atoms with Crippen LogP contribution >= 0.6 is 11.6 Å². The molecule has 6 nitrogen and oxygen atoms in total. The van der Waals surface area contributed by atoms with Gasteiger partial charge in [-0.25, -0.2) is 9.59 Å². The summed E-state index contributed by atoms with van der Waals surface area (Å²) in [6, 6.07) is 6.91. The lowest BCUT2D eigenvalue weighted by Crippen LogP contribution is -2.48. The Balaban J connectivity index is 1.54. The molecule has 2 aliphatic rings. The molecular weight excluding hydrogens is 334 g/mol. The number of benzene rings is 1. The van der Waals surface area contributed by atoms with Crippen LogP contribution in [0.4, 0.5) is 4.79 Å². The molecule has 0 aliphatic carbocycles. The molecule has 1 aromatic carbocycles. The number of amides is 1. The van der Waals surface area contributed by atoms with E-state index in [1.165, 1.54) is 0 Å². The Kier molecular flexibility index (Phi) is 3.64. The molecule has 2 aliphatic heterocycles. The molecule has 2 unspecified atom stereocenters. The number of hydrogen-bond acceptors (Lipinski definition) is 4. The molecule has 1 aromatic heterocycles. The zero-order chi connectivity index (χ0) is 16.8. The highest BCUT2D eigenvalue weighted by molar-refractivity contribution is 6.30. The minimum Gasteiger partial charge on any atom is -0.490 e. The van der Waals surface area contributed by atoms with Gasteiger partial charge in [0, 0.05) is 36.4 Å². The molecule has 1 amide bonds. The number of ether oxygens (including phenoxy) is 1. The predicted octanol–water partition coefficient (Wildman–Crippen LogP) is 3.50. The molecular formula is C17H16ClNO5. The molecule has 126 valence electrons. The van der Waals surface area contributed by atoms with Crippen molar-refractivity contribution in [3.8, 4) is 5.75 Å². The number of piperidine rings is 1. The molecule has 2 aromatic rings. The molecule has 0 saturated carbocycles. The fraction of sp³-hybridized carbons (Fsp3) is 0.412. The van der Waals surface area contributed by atoms with Crippen molar-refractivity contribution in [3.05, 3.63) is 39.7 Å². The summed E-state index contributed by atoms with van der Waals surface area (Å²) in [5, 5.41) is 10.1. The first-order chi connectivity index (χ1) is 11.5. The van der Waals surface area contributed by atoms with Gasteiger partial charge in [0.05, 0.1) is 0 Å². The maximum absolute atomic E-state index is 11.5. The van der Waals surface area contributed by atoms with Crippen molar-refractivity contribution < 1.29 is 19.1 Å². The summed E-state index contributed by atoms with van der Waals surface area (Å²) in [6.07, 6.45) is 2.28. The second kappa shape index (κ2) is 5.70. The molecule has 2 saturated heterocycles. The van der Waals surface area contributed by atoms with E-state index in [4.69, 9.17) is 20.8 Å². The second-order valence-electron chi connectivity index (χ2n) is 6.37. The lowest BCUT2D eigenvalue weighted by atomic mass is 10.00. The van der Waals surface area contributed by atoms with E-state index in [1.54, 1.807) is 23.1 Å². The minimum atomic E-state index is -0.842. The third kappa shape index (κ3) is 2.60. The average Bonchev–Trinajstić information content (AvgIpc) is 2.81. The molecule has 0 radical (unpaired) electrons. The van der Waals surface area contributed by atoms with Gasteiger partial charge in [-0.2, -0.15) is 0 Å². The Labute approximate surface area is 142 Å². The zero-order valence-corrected chi connectivity index (χ0v) is 13.5. The van der Waals surface area contributed by atoms with Gasteiger partial charge in [-0.05, 0) is 31.0 Å². The molecule has 2 bridgehead atoms. The summed E-state index contributed by atoms with van der Waals surface area (Å²) in [5.74, 6) is 0.612. The summed E-state index contributed by atoms with van der Waals surface area (Å²) in [7, 11) is 0. The molecule has 0 spiro atoms. The average molecular weight is 350 g/mol. The molecule has 2 fully saturated rings. The zero-order valence-electron chi connectivity index (χ0n) is 12.8. The van der Waals surface area contributed by atoms with Crippen LogP contribution in [-0.4, -0.2) is 34.3 Å². The third-order valence-corrected chi connectivity index (χ3v) is 5.14. The van der Waals surface area contributed by atoms with Gasteiger partial charge in [-0.1, -0.05) is 11.6 Å². The largest absolute Gasteiger partial charge is 0.490 e. The first kappa shape index (κ1) is 15.3. The van der Waals surface area contributed by atoms with E-state index < -0.39 is 11.7 Å². The van der Waals surface area contributed by atoms with Crippen LogP contribution in [0.15, 0.2) is 33.5 Å². The second-order valence-corrected chi connectivity index (χ2v) is 6.77. The number of rotatable bonds is 2.